The Bertz CT molecular complexity index is 292. The summed E-state index contributed by atoms with van der Waals surface area (Å²) in [5.41, 5.74) is 5.61. The highest BCUT2D eigenvalue weighted by Crippen LogP contribution is 2.27. The third kappa shape index (κ3) is 2.35. The van der Waals surface area contributed by atoms with Crippen LogP contribution in [0.4, 0.5) is 4.39 Å². The van der Waals surface area contributed by atoms with Crippen LogP contribution in [0.2, 0.25) is 0 Å². The van der Waals surface area contributed by atoms with Crippen LogP contribution in [0.5, 0.6) is 11.5 Å². The molecule has 0 atom stereocenters. The van der Waals surface area contributed by atoms with Gasteiger partial charge in [0.15, 0.2) is 0 Å². The first-order valence-corrected chi connectivity index (χ1v) is 4.44. The molecule has 0 unspecified atom stereocenters. The zero-order valence-electron chi connectivity index (χ0n) is 8.09. The van der Waals surface area contributed by atoms with Crippen LogP contribution in [0.1, 0.15) is 12.0 Å². The number of ether oxygens (including phenoxy) is 1. The molecule has 0 aliphatic carbocycles. The summed E-state index contributed by atoms with van der Waals surface area (Å²) in [5, 5.41) is 9.47. The van der Waals surface area contributed by atoms with Crippen LogP contribution in [0.15, 0.2) is 12.1 Å². The molecule has 0 aromatic heterocycles. The second-order valence-electron chi connectivity index (χ2n) is 3.00. The zero-order chi connectivity index (χ0) is 10.6. The fourth-order valence-electron chi connectivity index (χ4n) is 1.24. The standard InChI is InChI=1S/C10H14FNO2/c1-14-7-5-9(11)8(3-2-4-12)10(13)6-7/h5-6,13H,2-4,12H2,1H3. The maximum atomic E-state index is 13.3. The summed E-state index contributed by atoms with van der Waals surface area (Å²) in [6.07, 6.45) is 1.09. The molecular formula is C10H14FNO2. The van der Waals surface area contributed by atoms with Gasteiger partial charge in [0, 0.05) is 17.7 Å². The van der Waals surface area contributed by atoms with E-state index < -0.39 is 5.82 Å². The SMILES string of the molecule is COc1cc(O)c(CCCN)c(F)c1. The average molecular weight is 199 g/mol. The lowest BCUT2D eigenvalue weighted by Crippen LogP contribution is -2.02. The number of aromatic hydroxyl groups is 1. The number of benzene rings is 1. The molecule has 0 fully saturated rings. The summed E-state index contributed by atoms with van der Waals surface area (Å²) < 4.78 is 18.2. The molecule has 0 spiro atoms. The third-order valence-corrected chi connectivity index (χ3v) is 2.01. The van der Waals surface area contributed by atoms with E-state index in [1.165, 1.54) is 19.2 Å². The molecule has 0 amide bonds. The number of hydrogen-bond acceptors (Lipinski definition) is 3. The van der Waals surface area contributed by atoms with Crippen LogP contribution in [0.3, 0.4) is 0 Å². The van der Waals surface area contributed by atoms with Crippen molar-refractivity contribution in [1.29, 1.82) is 0 Å². The highest BCUT2D eigenvalue weighted by molar-refractivity contribution is 5.40. The van der Waals surface area contributed by atoms with Gasteiger partial charge in [0.2, 0.25) is 0 Å². The van der Waals surface area contributed by atoms with E-state index in [0.29, 0.717) is 30.7 Å². The number of nitrogens with two attached hydrogens (primary N) is 1. The molecule has 1 aromatic carbocycles. The Kier molecular flexibility index (Phi) is 3.71. The minimum absolute atomic E-state index is 0.0738. The molecule has 14 heavy (non-hydrogen) atoms. The van der Waals surface area contributed by atoms with E-state index >= 15 is 0 Å². The van der Waals surface area contributed by atoms with E-state index in [1.54, 1.807) is 0 Å². The third-order valence-electron chi connectivity index (χ3n) is 2.01. The minimum atomic E-state index is -0.449. The Morgan fingerprint density at radius 3 is 2.71 bits per heavy atom. The van der Waals surface area contributed by atoms with E-state index in [4.69, 9.17) is 10.5 Å². The van der Waals surface area contributed by atoms with Crippen molar-refractivity contribution in [3.8, 4) is 11.5 Å². The Hall–Kier alpha value is -1.29. The van der Waals surface area contributed by atoms with Gasteiger partial charge in [-0.15, -0.1) is 0 Å². The second-order valence-corrected chi connectivity index (χ2v) is 3.00. The number of hydrogen-bond donors (Lipinski definition) is 2. The smallest absolute Gasteiger partial charge is 0.133 e. The van der Waals surface area contributed by atoms with Crippen molar-refractivity contribution >= 4 is 0 Å². The predicted molar refractivity (Wildman–Crippen MR) is 52.0 cm³/mol. The summed E-state index contributed by atoms with van der Waals surface area (Å²) in [6, 6.07) is 2.65. The zero-order valence-corrected chi connectivity index (χ0v) is 8.09. The monoisotopic (exact) mass is 199 g/mol. The Morgan fingerprint density at radius 2 is 2.21 bits per heavy atom. The lowest BCUT2D eigenvalue weighted by atomic mass is 10.1. The number of halogens is 1. The molecule has 0 radical (unpaired) electrons. The molecule has 78 valence electrons. The molecule has 0 bridgehead atoms. The Morgan fingerprint density at radius 1 is 1.50 bits per heavy atom. The van der Waals surface area contributed by atoms with Gasteiger partial charge in [0.05, 0.1) is 7.11 Å². The van der Waals surface area contributed by atoms with Crippen molar-refractivity contribution in [3.63, 3.8) is 0 Å². The molecule has 1 rings (SSSR count). The summed E-state index contributed by atoms with van der Waals surface area (Å²) in [6.45, 7) is 0.477. The van der Waals surface area contributed by atoms with Crippen LogP contribution >= 0.6 is 0 Å². The van der Waals surface area contributed by atoms with Gasteiger partial charge < -0.3 is 15.6 Å². The summed E-state index contributed by atoms with van der Waals surface area (Å²) >= 11 is 0. The van der Waals surface area contributed by atoms with Gasteiger partial charge in [0.1, 0.15) is 17.3 Å². The normalized spacial score (nSPS) is 10.2. The summed E-state index contributed by atoms with van der Waals surface area (Å²) in [5.74, 6) is -0.206. The first kappa shape index (κ1) is 10.8. The Balaban J connectivity index is 2.93. The molecule has 0 saturated carbocycles. The fraction of sp³-hybridized carbons (Fsp3) is 0.400. The quantitative estimate of drug-likeness (QED) is 0.771. The van der Waals surface area contributed by atoms with Gasteiger partial charge in [-0.25, -0.2) is 4.39 Å². The average Bonchev–Trinajstić information content (AvgIpc) is 2.16. The van der Waals surface area contributed by atoms with Gasteiger partial charge in [-0.05, 0) is 19.4 Å². The van der Waals surface area contributed by atoms with Gasteiger partial charge in [-0.2, -0.15) is 0 Å². The van der Waals surface area contributed by atoms with Gasteiger partial charge in [-0.1, -0.05) is 0 Å². The van der Waals surface area contributed by atoms with E-state index in [2.05, 4.69) is 0 Å². The number of methoxy groups -OCH3 is 1. The maximum absolute atomic E-state index is 13.3. The number of phenolic OH excluding ortho intramolecular Hbond substituents is 1. The van der Waals surface area contributed by atoms with Crippen LogP contribution < -0.4 is 10.5 Å². The van der Waals surface area contributed by atoms with Gasteiger partial charge >= 0.3 is 0 Å². The molecule has 4 heteroatoms. The first-order valence-electron chi connectivity index (χ1n) is 4.44. The fourth-order valence-corrected chi connectivity index (χ4v) is 1.24. The molecule has 3 N–H and O–H groups in total. The molecule has 1 aromatic rings. The highest BCUT2D eigenvalue weighted by atomic mass is 19.1. The Labute approximate surface area is 82.3 Å². The lowest BCUT2D eigenvalue weighted by Gasteiger charge is -2.07. The lowest BCUT2D eigenvalue weighted by molar-refractivity contribution is 0.399. The largest absolute Gasteiger partial charge is 0.507 e. The van der Waals surface area contributed by atoms with Crippen molar-refractivity contribution in [2.45, 2.75) is 12.8 Å². The van der Waals surface area contributed by atoms with Gasteiger partial charge in [-0.3, -0.25) is 0 Å². The van der Waals surface area contributed by atoms with Crippen LogP contribution in [-0.2, 0) is 6.42 Å². The van der Waals surface area contributed by atoms with E-state index in [9.17, 15) is 9.50 Å². The maximum Gasteiger partial charge on any atom is 0.133 e. The topological polar surface area (TPSA) is 55.5 Å². The van der Waals surface area contributed by atoms with Crippen molar-refractivity contribution in [3.05, 3.63) is 23.5 Å². The van der Waals surface area contributed by atoms with Crippen molar-refractivity contribution in [2.75, 3.05) is 13.7 Å². The molecule has 0 aliphatic rings. The number of rotatable bonds is 4. The minimum Gasteiger partial charge on any atom is -0.507 e. The molecule has 3 nitrogen and oxygen atoms in total. The number of phenols is 1. The molecule has 0 saturated heterocycles. The van der Waals surface area contributed by atoms with Crippen molar-refractivity contribution in [1.82, 2.24) is 0 Å². The van der Waals surface area contributed by atoms with Crippen LogP contribution in [-0.4, -0.2) is 18.8 Å². The predicted octanol–water partition coefficient (Wildman–Crippen LogP) is 1.43. The van der Waals surface area contributed by atoms with Gasteiger partial charge in [0.25, 0.3) is 0 Å². The van der Waals surface area contributed by atoms with Crippen molar-refractivity contribution < 1.29 is 14.2 Å². The highest BCUT2D eigenvalue weighted by Gasteiger charge is 2.09. The van der Waals surface area contributed by atoms with E-state index in [-0.39, 0.29) is 5.75 Å². The molecular weight excluding hydrogens is 185 g/mol. The van der Waals surface area contributed by atoms with Crippen LogP contribution in [0, 0.1) is 5.82 Å². The van der Waals surface area contributed by atoms with E-state index in [1.807, 2.05) is 0 Å². The summed E-state index contributed by atoms with van der Waals surface area (Å²) in [4.78, 5) is 0. The molecule has 0 aliphatic heterocycles. The van der Waals surface area contributed by atoms with Crippen LogP contribution in [0.25, 0.3) is 0 Å². The second kappa shape index (κ2) is 4.81. The molecule has 0 heterocycles. The first-order chi connectivity index (χ1) is 6.69. The summed E-state index contributed by atoms with van der Waals surface area (Å²) in [7, 11) is 1.42. The van der Waals surface area contributed by atoms with E-state index in [0.717, 1.165) is 0 Å². The van der Waals surface area contributed by atoms with Crippen molar-refractivity contribution in [2.24, 2.45) is 5.73 Å².